The van der Waals surface area contributed by atoms with E-state index in [2.05, 4.69) is 20.9 Å². The molecule has 4 rings (SSSR count). The molecule has 2 aromatic carbocycles. The summed E-state index contributed by atoms with van der Waals surface area (Å²) in [7, 11) is 0. The molecule has 2 aromatic rings. The van der Waals surface area contributed by atoms with Crippen molar-refractivity contribution in [2.75, 3.05) is 36.4 Å². The SMILES string of the molecule is O=C(NCC1CCN(c2ccccc2Cl)C1)Nc1cccc2c1CCNC2=O. The van der Waals surface area contributed by atoms with Gasteiger partial charge in [0.05, 0.1) is 10.7 Å². The number of hydrogen-bond donors (Lipinski definition) is 3. The van der Waals surface area contributed by atoms with E-state index < -0.39 is 0 Å². The van der Waals surface area contributed by atoms with Crippen molar-refractivity contribution in [2.24, 2.45) is 5.92 Å². The summed E-state index contributed by atoms with van der Waals surface area (Å²) in [4.78, 5) is 26.6. The fourth-order valence-corrected chi connectivity index (χ4v) is 4.17. The highest BCUT2D eigenvalue weighted by Gasteiger charge is 2.25. The van der Waals surface area contributed by atoms with E-state index in [9.17, 15) is 9.59 Å². The van der Waals surface area contributed by atoms with Gasteiger partial charge in [-0.05, 0) is 48.6 Å². The minimum absolute atomic E-state index is 0.0871. The molecule has 0 aromatic heterocycles. The lowest BCUT2D eigenvalue weighted by Gasteiger charge is -2.21. The predicted octanol–water partition coefficient (Wildman–Crippen LogP) is 3.27. The minimum atomic E-state index is -0.240. The van der Waals surface area contributed by atoms with Crippen molar-refractivity contribution in [3.05, 3.63) is 58.6 Å². The van der Waals surface area contributed by atoms with E-state index in [-0.39, 0.29) is 11.9 Å². The molecule has 2 heterocycles. The predicted molar refractivity (Wildman–Crippen MR) is 111 cm³/mol. The number of carbonyl (C=O) groups excluding carboxylic acids is 2. The molecule has 1 unspecified atom stereocenters. The van der Waals surface area contributed by atoms with Gasteiger partial charge in [-0.1, -0.05) is 29.8 Å². The molecule has 1 fully saturated rings. The molecule has 2 aliphatic heterocycles. The van der Waals surface area contributed by atoms with Gasteiger partial charge in [-0.3, -0.25) is 4.79 Å². The Morgan fingerprint density at radius 1 is 1.21 bits per heavy atom. The molecule has 28 heavy (non-hydrogen) atoms. The molecule has 6 nitrogen and oxygen atoms in total. The maximum absolute atomic E-state index is 12.4. The number of carbonyl (C=O) groups is 2. The fourth-order valence-electron chi connectivity index (χ4n) is 3.91. The molecular formula is C21H23ClN4O2. The Balaban J connectivity index is 1.32. The zero-order valence-electron chi connectivity index (χ0n) is 15.5. The van der Waals surface area contributed by atoms with Crippen molar-refractivity contribution in [1.82, 2.24) is 10.6 Å². The second kappa shape index (κ2) is 8.10. The quantitative estimate of drug-likeness (QED) is 0.740. The molecular weight excluding hydrogens is 376 g/mol. The molecule has 2 aliphatic rings. The number of rotatable bonds is 4. The van der Waals surface area contributed by atoms with Crippen LogP contribution in [0.25, 0.3) is 0 Å². The highest BCUT2D eigenvalue weighted by molar-refractivity contribution is 6.33. The van der Waals surface area contributed by atoms with Crippen LogP contribution in [0, 0.1) is 5.92 Å². The summed E-state index contributed by atoms with van der Waals surface area (Å²) in [5.41, 5.74) is 3.28. The minimum Gasteiger partial charge on any atom is -0.370 e. The summed E-state index contributed by atoms with van der Waals surface area (Å²) in [6.45, 7) is 2.98. The number of hydrogen-bond acceptors (Lipinski definition) is 3. The Morgan fingerprint density at radius 3 is 2.93 bits per heavy atom. The Kier molecular flexibility index (Phi) is 5.39. The third kappa shape index (κ3) is 3.92. The first-order valence-corrected chi connectivity index (χ1v) is 9.94. The molecule has 0 bridgehead atoms. The van der Waals surface area contributed by atoms with Gasteiger partial charge in [-0.15, -0.1) is 0 Å². The number of nitrogens with one attached hydrogen (secondary N) is 3. The van der Waals surface area contributed by atoms with Crippen LogP contribution in [0.15, 0.2) is 42.5 Å². The number of fused-ring (bicyclic) bond motifs is 1. The Hall–Kier alpha value is -2.73. The number of benzene rings is 2. The van der Waals surface area contributed by atoms with Crippen LogP contribution in [0.3, 0.4) is 0 Å². The molecule has 0 saturated carbocycles. The first-order valence-electron chi connectivity index (χ1n) is 9.56. The molecule has 1 atom stereocenters. The van der Waals surface area contributed by atoms with E-state index in [4.69, 9.17) is 11.6 Å². The molecule has 3 amide bonds. The normalized spacial score (nSPS) is 18.4. The van der Waals surface area contributed by atoms with Gasteiger partial charge in [0.15, 0.2) is 0 Å². The standard InChI is InChI=1S/C21H23ClN4O2/c22-17-5-1-2-7-19(17)26-11-9-14(13-26)12-24-21(28)25-18-6-3-4-16-15(18)8-10-23-20(16)27/h1-7,14H,8-13H2,(H,23,27)(H2,24,25,28). The average molecular weight is 399 g/mol. The number of nitrogens with zero attached hydrogens (tertiary/aromatic N) is 1. The van der Waals surface area contributed by atoms with Crippen LogP contribution in [0.4, 0.5) is 16.2 Å². The number of para-hydroxylation sites is 1. The maximum atomic E-state index is 12.4. The van der Waals surface area contributed by atoms with Crippen LogP contribution in [0.2, 0.25) is 5.02 Å². The summed E-state index contributed by atoms with van der Waals surface area (Å²) in [6.07, 6.45) is 1.72. The lowest BCUT2D eigenvalue weighted by atomic mass is 9.98. The van der Waals surface area contributed by atoms with Crippen LogP contribution in [0.1, 0.15) is 22.3 Å². The second-order valence-electron chi connectivity index (χ2n) is 7.22. The van der Waals surface area contributed by atoms with Crippen LogP contribution in [-0.4, -0.2) is 38.1 Å². The van der Waals surface area contributed by atoms with Gasteiger partial charge in [0.2, 0.25) is 0 Å². The van der Waals surface area contributed by atoms with Crippen molar-refractivity contribution in [3.8, 4) is 0 Å². The average Bonchev–Trinajstić information content (AvgIpc) is 3.16. The maximum Gasteiger partial charge on any atom is 0.319 e. The van der Waals surface area contributed by atoms with E-state index in [0.717, 1.165) is 35.8 Å². The summed E-state index contributed by atoms with van der Waals surface area (Å²) in [5.74, 6) is 0.286. The molecule has 0 aliphatic carbocycles. The first-order chi connectivity index (χ1) is 13.6. The molecule has 146 valence electrons. The summed E-state index contributed by atoms with van der Waals surface area (Å²) in [6, 6.07) is 13.0. The monoisotopic (exact) mass is 398 g/mol. The Morgan fingerprint density at radius 2 is 2.07 bits per heavy atom. The summed E-state index contributed by atoms with van der Waals surface area (Å²) >= 11 is 6.29. The molecule has 0 spiro atoms. The highest BCUT2D eigenvalue weighted by atomic mass is 35.5. The summed E-state index contributed by atoms with van der Waals surface area (Å²) < 4.78 is 0. The van der Waals surface area contributed by atoms with Gasteiger partial charge >= 0.3 is 6.03 Å². The van der Waals surface area contributed by atoms with Gasteiger partial charge in [-0.2, -0.15) is 0 Å². The lowest BCUT2D eigenvalue weighted by Crippen LogP contribution is -2.36. The molecule has 1 saturated heterocycles. The Labute approximate surface area is 169 Å². The molecule has 0 radical (unpaired) electrons. The van der Waals surface area contributed by atoms with E-state index in [1.165, 1.54) is 0 Å². The van der Waals surface area contributed by atoms with Gasteiger partial charge in [0, 0.05) is 37.4 Å². The van der Waals surface area contributed by atoms with Gasteiger partial charge in [-0.25, -0.2) is 4.79 Å². The zero-order chi connectivity index (χ0) is 19.5. The summed E-state index contributed by atoms with van der Waals surface area (Å²) in [5, 5.41) is 9.45. The Bertz CT molecular complexity index is 902. The van der Waals surface area contributed by atoms with Gasteiger partial charge in [0.25, 0.3) is 5.91 Å². The van der Waals surface area contributed by atoms with Crippen LogP contribution in [-0.2, 0) is 6.42 Å². The number of anilines is 2. The first kappa shape index (κ1) is 18.6. The van der Waals surface area contributed by atoms with Crippen LogP contribution >= 0.6 is 11.6 Å². The van der Waals surface area contributed by atoms with Crippen LogP contribution in [0.5, 0.6) is 0 Å². The van der Waals surface area contributed by atoms with Gasteiger partial charge in [0.1, 0.15) is 0 Å². The van der Waals surface area contributed by atoms with Crippen molar-refractivity contribution in [1.29, 1.82) is 0 Å². The van der Waals surface area contributed by atoms with Crippen molar-refractivity contribution < 1.29 is 9.59 Å². The van der Waals surface area contributed by atoms with E-state index in [1.807, 2.05) is 30.3 Å². The van der Waals surface area contributed by atoms with Crippen molar-refractivity contribution >= 4 is 34.9 Å². The fraction of sp³-hybridized carbons (Fsp3) is 0.333. The second-order valence-corrected chi connectivity index (χ2v) is 7.63. The molecule has 7 heteroatoms. The number of amides is 3. The smallest absolute Gasteiger partial charge is 0.319 e. The van der Waals surface area contributed by atoms with Crippen molar-refractivity contribution in [3.63, 3.8) is 0 Å². The third-order valence-corrected chi connectivity index (χ3v) is 5.68. The number of urea groups is 1. The van der Waals surface area contributed by atoms with E-state index in [0.29, 0.717) is 36.7 Å². The lowest BCUT2D eigenvalue weighted by molar-refractivity contribution is 0.0946. The van der Waals surface area contributed by atoms with Crippen molar-refractivity contribution in [2.45, 2.75) is 12.8 Å². The molecule has 3 N–H and O–H groups in total. The van der Waals surface area contributed by atoms with Crippen LogP contribution < -0.4 is 20.9 Å². The number of halogens is 1. The van der Waals surface area contributed by atoms with Gasteiger partial charge < -0.3 is 20.9 Å². The topological polar surface area (TPSA) is 73.5 Å². The largest absolute Gasteiger partial charge is 0.370 e. The highest BCUT2D eigenvalue weighted by Crippen LogP contribution is 2.30. The third-order valence-electron chi connectivity index (χ3n) is 5.36. The van der Waals surface area contributed by atoms with E-state index in [1.54, 1.807) is 12.1 Å². The van der Waals surface area contributed by atoms with E-state index >= 15 is 0 Å². The zero-order valence-corrected chi connectivity index (χ0v) is 16.3.